The Morgan fingerprint density at radius 1 is 1.18 bits per heavy atom. The molecule has 84 valence electrons. The van der Waals surface area contributed by atoms with Gasteiger partial charge in [-0.2, -0.15) is 11.3 Å². The smallest absolute Gasteiger partial charge is 0.0451 e. The summed E-state index contributed by atoms with van der Waals surface area (Å²) in [5.41, 5.74) is 2.48. The number of benzene rings is 1. The molecule has 0 saturated heterocycles. The zero-order valence-electron chi connectivity index (χ0n) is 9.26. The first-order valence-electron chi connectivity index (χ1n) is 5.51. The summed E-state index contributed by atoms with van der Waals surface area (Å²) in [5, 5.41) is 10.1. The van der Waals surface area contributed by atoms with Gasteiger partial charge in [0, 0.05) is 35.4 Å². The molecule has 2 heterocycles. The third-order valence-electron chi connectivity index (χ3n) is 2.78. The van der Waals surface area contributed by atoms with Gasteiger partial charge >= 0.3 is 0 Å². The molecule has 2 aromatic heterocycles. The Labute approximate surface area is 104 Å². The minimum atomic E-state index is 0.845. The summed E-state index contributed by atoms with van der Waals surface area (Å²) in [6.45, 7) is 0.845. The van der Waals surface area contributed by atoms with Crippen LogP contribution in [0.5, 0.6) is 0 Å². The van der Waals surface area contributed by atoms with Crippen LogP contribution in [0.4, 0.5) is 5.69 Å². The van der Waals surface area contributed by atoms with Gasteiger partial charge < -0.3 is 5.32 Å². The van der Waals surface area contributed by atoms with E-state index >= 15 is 0 Å². The van der Waals surface area contributed by atoms with Crippen LogP contribution in [0.25, 0.3) is 10.8 Å². The average molecular weight is 240 g/mol. The number of hydrogen-bond acceptors (Lipinski definition) is 3. The van der Waals surface area contributed by atoms with Crippen molar-refractivity contribution >= 4 is 27.8 Å². The Morgan fingerprint density at radius 2 is 2.18 bits per heavy atom. The van der Waals surface area contributed by atoms with Crippen molar-refractivity contribution in [2.45, 2.75) is 6.54 Å². The molecule has 17 heavy (non-hydrogen) atoms. The average Bonchev–Trinajstić information content (AvgIpc) is 2.89. The van der Waals surface area contributed by atoms with Crippen LogP contribution in [0.2, 0.25) is 0 Å². The second-order valence-electron chi connectivity index (χ2n) is 3.88. The number of hydrogen-bond donors (Lipinski definition) is 1. The molecule has 3 aromatic rings. The predicted octanol–water partition coefficient (Wildman–Crippen LogP) is 3.91. The van der Waals surface area contributed by atoms with Crippen LogP contribution in [0.3, 0.4) is 0 Å². The van der Waals surface area contributed by atoms with Crippen molar-refractivity contribution in [3.63, 3.8) is 0 Å². The number of rotatable bonds is 3. The fraction of sp³-hybridized carbons (Fsp3) is 0.0714. The summed E-state index contributed by atoms with van der Waals surface area (Å²) in [6.07, 6.45) is 3.75. The summed E-state index contributed by atoms with van der Waals surface area (Å²) < 4.78 is 0. The summed E-state index contributed by atoms with van der Waals surface area (Å²) in [7, 11) is 0. The van der Waals surface area contributed by atoms with Crippen molar-refractivity contribution in [1.29, 1.82) is 0 Å². The molecular formula is C14H12N2S. The first-order valence-corrected chi connectivity index (χ1v) is 6.45. The van der Waals surface area contributed by atoms with Crippen molar-refractivity contribution in [2.24, 2.45) is 0 Å². The summed E-state index contributed by atoms with van der Waals surface area (Å²) >= 11 is 1.71. The van der Waals surface area contributed by atoms with Crippen LogP contribution in [-0.4, -0.2) is 4.98 Å². The first-order chi connectivity index (χ1) is 8.43. The van der Waals surface area contributed by atoms with Gasteiger partial charge in [-0.05, 0) is 28.5 Å². The summed E-state index contributed by atoms with van der Waals surface area (Å²) in [5.74, 6) is 0. The fourth-order valence-corrected chi connectivity index (χ4v) is 2.52. The molecule has 0 spiro atoms. The van der Waals surface area contributed by atoms with Crippen LogP contribution in [0, 0.1) is 0 Å². The van der Waals surface area contributed by atoms with E-state index in [4.69, 9.17) is 0 Å². The standard InChI is InChI=1S/C14H12N2S/c1-2-11-8-15-6-4-14(11)12(3-1)9-16-13-5-7-17-10-13/h1-8,10,16H,9H2. The topological polar surface area (TPSA) is 24.9 Å². The minimum Gasteiger partial charge on any atom is -0.380 e. The molecule has 0 bridgehead atoms. The van der Waals surface area contributed by atoms with E-state index in [-0.39, 0.29) is 0 Å². The van der Waals surface area contributed by atoms with Gasteiger partial charge in [0.25, 0.3) is 0 Å². The number of nitrogens with one attached hydrogen (secondary N) is 1. The van der Waals surface area contributed by atoms with E-state index in [2.05, 4.69) is 51.4 Å². The van der Waals surface area contributed by atoms with Gasteiger partial charge in [0.05, 0.1) is 0 Å². The minimum absolute atomic E-state index is 0.845. The van der Waals surface area contributed by atoms with Crippen molar-refractivity contribution < 1.29 is 0 Å². The molecule has 3 heteroatoms. The van der Waals surface area contributed by atoms with E-state index in [1.807, 2.05) is 12.4 Å². The molecule has 1 N–H and O–H groups in total. The highest BCUT2D eigenvalue weighted by Gasteiger charge is 2.00. The highest BCUT2D eigenvalue weighted by atomic mass is 32.1. The number of pyridine rings is 1. The monoisotopic (exact) mass is 240 g/mol. The molecular weight excluding hydrogens is 228 g/mol. The van der Waals surface area contributed by atoms with E-state index in [9.17, 15) is 0 Å². The highest BCUT2D eigenvalue weighted by molar-refractivity contribution is 7.08. The molecule has 0 saturated carbocycles. The zero-order valence-corrected chi connectivity index (χ0v) is 10.1. The van der Waals surface area contributed by atoms with Crippen LogP contribution in [0.15, 0.2) is 53.5 Å². The molecule has 0 atom stereocenters. The third-order valence-corrected chi connectivity index (χ3v) is 3.46. The van der Waals surface area contributed by atoms with E-state index in [1.165, 1.54) is 22.0 Å². The van der Waals surface area contributed by atoms with Crippen molar-refractivity contribution in [2.75, 3.05) is 5.32 Å². The molecule has 3 rings (SSSR count). The number of thiophene rings is 1. The lowest BCUT2D eigenvalue weighted by Gasteiger charge is -2.07. The maximum Gasteiger partial charge on any atom is 0.0451 e. The maximum atomic E-state index is 4.15. The Morgan fingerprint density at radius 3 is 3.06 bits per heavy atom. The Hall–Kier alpha value is -1.87. The van der Waals surface area contributed by atoms with E-state index in [0.29, 0.717) is 0 Å². The van der Waals surface area contributed by atoms with Crippen LogP contribution in [0.1, 0.15) is 5.56 Å². The van der Waals surface area contributed by atoms with Gasteiger partial charge in [-0.15, -0.1) is 0 Å². The van der Waals surface area contributed by atoms with Gasteiger partial charge in [-0.25, -0.2) is 0 Å². The van der Waals surface area contributed by atoms with Crippen LogP contribution in [-0.2, 0) is 6.54 Å². The van der Waals surface area contributed by atoms with Crippen molar-refractivity contribution in [1.82, 2.24) is 4.98 Å². The number of fused-ring (bicyclic) bond motifs is 1. The number of aromatic nitrogens is 1. The lowest BCUT2D eigenvalue weighted by Crippen LogP contribution is -1.98. The second kappa shape index (κ2) is 4.55. The zero-order chi connectivity index (χ0) is 11.5. The Bertz CT molecular complexity index is 612. The molecule has 0 unspecified atom stereocenters. The molecule has 2 nitrogen and oxygen atoms in total. The highest BCUT2D eigenvalue weighted by Crippen LogP contribution is 2.19. The summed E-state index contributed by atoms with van der Waals surface area (Å²) in [4.78, 5) is 4.15. The summed E-state index contributed by atoms with van der Waals surface area (Å²) in [6, 6.07) is 10.5. The maximum absolute atomic E-state index is 4.15. The molecule has 0 radical (unpaired) electrons. The fourth-order valence-electron chi connectivity index (χ4n) is 1.91. The molecule has 0 amide bonds. The van der Waals surface area contributed by atoms with Gasteiger partial charge in [0.2, 0.25) is 0 Å². The van der Waals surface area contributed by atoms with Crippen molar-refractivity contribution in [3.8, 4) is 0 Å². The lowest BCUT2D eigenvalue weighted by molar-refractivity contribution is 1.17. The Balaban J connectivity index is 1.90. The van der Waals surface area contributed by atoms with E-state index < -0.39 is 0 Å². The molecule has 0 fully saturated rings. The van der Waals surface area contributed by atoms with E-state index in [0.717, 1.165) is 6.54 Å². The molecule has 0 aliphatic rings. The molecule has 0 aliphatic carbocycles. The first kappa shape index (κ1) is 10.3. The van der Waals surface area contributed by atoms with Gasteiger partial charge in [-0.1, -0.05) is 18.2 Å². The van der Waals surface area contributed by atoms with Gasteiger partial charge in [-0.3, -0.25) is 4.98 Å². The van der Waals surface area contributed by atoms with Gasteiger partial charge in [0.1, 0.15) is 0 Å². The van der Waals surface area contributed by atoms with Crippen LogP contribution < -0.4 is 5.32 Å². The van der Waals surface area contributed by atoms with Crippen molar-refractivity contribution in [3.05, 3.63) is 59.0 Å². The van der Waals surface area contributed by atoms with Gasteiger partial charge in [0.15, 0.2) is 0 Å². The predicted molar refractivity (Wildman–Crippen MR) is 73.4 cm³/mol. The van der Waals surface area contributed by atoms with Crippen LogP contribution >= 0.6 is 11.3 Å². The Kier molecular flexibility index (Phi) is 2.76. The second-order valence-corrected chi connectivity index (χ2v) is 4.66. The van der Waals surface area contributed by atoms with E-state index in [1.54, 1.807) is 11.3 Å². The largest absolute Gasteiger partial charge is 0.380 e. The number of anilines is 1. The lowest BCUT2D eigenvalue weighted by atomic mass is 10.1. The number of nitrogens with zero attached hydrogens (tertiary/aromatic N) is 1. The quantitative estimate of drug-likeness (QED) is 0.750. The SMILES string of the molecule is c1cc(CNc2ccsc2)c2ccncc2c1. The molecule has 0 aliphatic heterocycles. The molecule has 1 aromatic carbocycles. The normalized spacial score (nSPS) is 10.6. The third kappa shape index (κ3) is 2.15.